The molecule has 0 aliphatic carbocycles. The van der Waals surface area contributed by atoms with Crippen LogP contribution in [0.3, 0.4) is 0 Å². The Morgan fingerprint density at radius 2 is 1.57 bits per heavy atom. The molecule has 3 N–H and O–H groups in total. The second-order valence-electron chi connectivity index (χ2n) is 6.15. The van der Waals surface area contributed by atoms with Crippen molar-refractivity contribution in [1.29, 1.82) is 0 Å². The highest BCUT2D eigenvalue weighted by Crippen LogP contribution is 2.23. The Kier molecular flexibility index (Phi) is 4.79. The lowest BCUT2D eigenvalue weighted by Gasteiger charge is -2.10. The summed E-state index contributed by atoms with van der Waals surface area (Å²) in [7, 11) is 0. The lowest BCUT2D eigenvalue weighted by molar-refractivity contribution is -0.114. The summed E-state index contributed by atoms with van der Waals surface area (Å²) < 4.78 is 0. The third-order valence-corrected chi connectivity index (χ3v) is 4.04. The number of aromatic nitrogens is 3. The molecule has 1 amide bonds. The molecule has 2 aromatic heterocycles. The van der Waals surface area contributed by atoms with E-state index in [1.165, 1.54) is 6.92 Å². The molecule has 0 saturated heterocycles. The Balaban J connectivity index is 1.52. The summed E-state index contributed by atoms with van der Waals surface area (Å²) in [6, 6.07) is 19.1. The first kappa shape index (κ1) is 17.4. The highest BCUT2D eigenvalue weighted by Gasteiger charge is 2.05. The van der Waals surface area contributed by atoms with Gasteiger partial charge in [0.25, 0.3) is 0 Å². The van der Waals surface area contributed by atoms with E-state index in [2.05, 4.69) is 30.9 Å². The first-order valence-electron chi connectivity index (χ1n) is 8.76. The van der Waals surface area contributed by atoms with Gasteiger partial charge in [0.2, 0.25) is 11.9 Å². The molecule has 2 heterocycles. The van der Waals surface area contributed by atoms with Crippen LogP contribution in [0.1, 0.15) is 6.92 Å². The van der Waals surface area contributed by atoms with Gasteiger partial charge in [0.05, 0.1) is 0 Å². The maximum atomic E-state index is 11.1. The van der Waals surface area contributed by atoms with Crippen molar-refractivity contribution in [2.75, 3.05) is 16.0 Å². The third-order valence-electron chi connectivity index (χ3n) is 4.04. The molecule has 4 rings (SSSR count). The molecular formula is C21H18N6O. The van der Waals surface area contributed by atoms with E-state index >= 15 is 0 Å². The third kappa shape index (κ3) is 4.04. The number of carbonyl (C=O) groups excluding carboxylic acids is 1. The van der Waals surface area contributed by atoms with E-state index in [9.17, 15) is 4.79 Å². The van der Waals surface area contributed by atoms with Crippen molar-refractivity contribution >= 4 is 45.6 Å². The Morgan fingerprint density at radius 1 is 0.821 bits per heavy atom. The highest BCUT2D eigenvalue weighted by molar-refractivity contribution is 5.92. The average Bonchev–Trinajstić information content (AvgIpc) is 2.70. The van der Waals surface area contributed by atoms with Gasteiger partial charge in [-0.1, -0.05) is 24.3 Å². The van der Waals surface area contributed by atoms with Gasteiger partial charge in [0.1, 0.15) is 11.6 Å². The van der Waals surface area contributed by atoms with Crippen molar-refractivity contribution in [3.8, 4) is 0 Å². The van der Waals surface area contributed by atoms with Crippen molar-refractivity contribution in [2.45, 2.75) is 6.92 Å². The molecule has 0 aliphatic rings. The lowest BCUT2D eigenvalue weighted by Crippen LogP contribution is -2.05. The molecule has 4 aromatic rings. The van der Waals surface area contributed by atoms with Crippen LogP contribution in [0.2, 0.25) is 0 Å². The van der Waals surface area contributed by atoms with Gasteiger partial charge < -0.3 is 16.0 Å². The molecule has 2 aromatic carbocycles. The fraction of sp³-hybridized carbons (Fsp3) is 0.0476. The van der Waals surface area contributed by atoms with Gasteiger partial charge in [0, 0.05) is 36.1 Å². The number of benzene rings is 2. The van der Waals surface area contributed by atoms with Crippen molar-refractivity contribution in [1.82, 2.24) is 15.0 Å². The zero-order valence-corrected chi connectivity index (χ0v) is 15.2. The van der Waals surface area contributed by atoms with E-state index in [0.29, 0.717) is 17.6 Å². The van der Waals surface area contributed by atoms with Gasteiger partial charge in [-0.3, -0.25) is 4.79 Å². The molecule has 0 unspecified atom stereocenters. The van der Waals surface area contributed by atoms with Crippen LogP contribution in [0.4, 0.5) is 29.0 Å². The normalized spacial score (nSPS) is 10.5. The zero-order valence-electron chi connectivity index (χ0n) is 15.2. The minimum absolute atomic E-state index is 0.103. The van der Waals surface area contributed by atoms with Gasteiger partial charge in [-0.15, -0.1) is 0 Å². The van der Waals surface area contributed by atoms with Gasteiger partial charge in [-0.25, -0.2) is 9.97 Å². The average molecular weight is 370 g/mol. The van der Waals surface area contributed by atoms with E-state index in [1.807, 2.05) is 54.6 Å². The Labute approximate surface area is 161 Å². The van der Waals surface area contributed by atoms with Crippen LogP contribution in [-0.4, -0.2) is 20.9 Å². The molecule has 138 valence electrons. The van der Waals surface area contributed by atoms with E-state index in [-0.39, 0.29) is 5.91 Å². The standard InChI is InChI=1S/C21H18N6O/c1-14(28)24-16-6-8-17(9-7-16)25-19-11-13-23-21(26-19)27-20-18-5-3-2-4-15(18)10-12-22-20/h2-13H,1H3,(H,24,28)(H2,22,23,25,26,27). The van der Waals surface area contributed by atoms with E-state index < -0.39 is 0 Å². The lowest BCUT2D eigenvalue weighted by atomic mass is 10.1. The second kappa shape index (κ2) is 7.71. The van der Waals surface area contributed by atoms with Crippen LogP contribution in [0.25, 0.3) is 10.8 Å². The van der Waals surface area contributed by atoms with Crippen LogP contribution >= 0.6 is 0 Å². The number of carbonyl (C=O) groups is 1. The number of fused-ring (bicyclic) bond motifs is 1. The minimum Gasteiger partial charge on any atom is -0.340 e. The SMILES string of the molecule is CC(=O)Nc1ccc(Nc2ccnc(Nc3nccc4ccccc34)n2)cc1. The number of nitrogens with one attached hydrogen (secondary N) is 3. The molecule has 0 fully saturated rings. The summed E-state index contributed by atoms with van der Waals surface area (Å²) in [6.07, 6.45) is 3.43. The molecule has 7 nitrogen and oxygen atoms in total. The fourth-order valence-corrected chi connectivity index (χ4v) is 2.80. The highest BCUT2D eigenvalue weighted by atomic mass is 16.1. The van der Waals surface area contributed by atoms with Crippen LogP contribution in [0.5, 0.6) is 0 Å². The summed E-state index contributed by atoms with van der Waals surface area (Å²) >= 11 is 0. The number of amides is 1. The van der Waals surface area contributed by atoms with Gasteiger partial charge in [-0.05, 0) is 41.8 Å². The topological polar surface area (TPSA) is 91.8 Å². The van der Waals surface area contributed by atoms with Gasteiger partial charge >= 0.3 is 0 Å². The number of pyridine rings is 1. The van der Waals surface area contributed by atoms with E-state index in [4.69, 9.17) is 0 Å². The van der Waals surface area contributed by atoms with Crippen LogP contribution in [0, 0.1) is 0 Å². The molecule has 0 atom stereocenters. The Morgan fingerprint density at radius 3 is 2.39 bits per heavy atom. The maximum Gasteiger partial charge on any atom is 0.230 e. The number of rotatable bonds is 5. The first-order chi connectivity index (χ1) is 13.7. The van der Waals surface area contributed by atoms with Gasteiger partial charge in [-0.2, -0.15) is 4.98 Å². The molecular weight excluding hydrogens is 352 g/mol. The van der Waals surface area contributed by atoms with Crippen LogP contribution < -0.4 is 16.0 Å². The summed E-state index contributed by atoms with van der Waals surface area (Å²) in [5.41, 5.74) is 1.59. The molecule has 7 heteroatoms. The van der Waals surface area contributed by atoms with Gasteiger partial charge in [0.15, 0.2) is 0 Å². The quantitative estimate of drug-likeness (QED) is 0.480. The molecule has 0 saturated carbocycles. The summed E-state index contributed by atoms with van der Waals surface area (Å²) in [5.74, 6) is 1.69. The molecule has 28 heavy (non-hydrogen) atoms. The zero-order chi connectivity index (χ0) is 19.3. The van der Waals surface area contributed by atoms with Crippen molar-refractivity contribution < 1.29 is 4.79 Å². The Bertz CT molecular complexity index is 1120. The fourth-order valence-electron chi connectivity index (χ4n) is 2.80. The molecule has 0 aliphatic heterocycles. The largest absolute Gasteiger partial charge is 0.340 e. The summed E-state index contributed by atoms with van der Waals surface area (Å²) in [5, 5.41) is 11.2. The van der Waals surface area contributed by atoms with Crippen molar-refractivity contribution in [2.24, 2.45) is 0 Å². The number of nitrogens with zero attached hydrogens (tertiary/aromatic N) is 3. The maximum absolute atomic E-state index is 11.1. The second-order valence-corrected chi connectivity index (χ2v) is 6.15. The summed E-state index contributed by atoms with van der Waals surface area (Å²) in [4.78, 5) is 24.3. The number of anilines is 5. The number of hydrogen-bond donors (Lipinski definition) is 3. The molecule has 0 bridgehead atoms. The van der Waals surface area contributed by atoms with E-state index in [0.717, 1.165) is 22.1 Å². The van der Waals surface area contributed by atoms with Crippen molar-refractivity contribution in [3.05, 3.63) is 73.1 Å². The minimum atomic E-state index is -0.103. The molecule has 0 radical (unpaired) electrons. The van der Waals surface area contributed by atoms with Crippen molar-refractivity contribution in [3.63, 3.8) is 0 Å². The monoisotopic (exact) mass is 370 g/mol. The predicted molar refractivity (Wildman–Crippen MR) is 111 cm³/mol. The van der Waals surface area contributed by atoms with Crippen LogP contribution in [0.15, 0.2) is 73.1 Å². The van der Waals surface area contributed by atoms with Crippen LogP contribution in [-0.2, 0) is 4.79 Å². The predicted octanol–water partition coefficient (Wildman–Crippen LogP) is 4.47. The number of hydrogen-bond acceptors (Lipinski definition) is 6. The Hall–Kier alpha value is -4.00. The summed E-state index contributed by atoms with van der Waals surface area (Å²) in [6.45, 7) is 1.48. The van der Waals surface area contributed by atoms with E-state index in [1.54, 1.807) is 18.5 Å². The first-order valence-corrected chi connectivity index (χ1v) is 8.76. The molecule has 0 spiro atoms. The smallest absolute Gasteiger partial charge is 0.230 e.